The number of aromatic nitrogens is 2. The highest BCUT2D eigenvalue weighted by Crippen LogP contribution is 2.18. The highest BCUT2D eigenvalue weighted by molar-refractivity contribution is 5.95. The number of carbonyl (C=O) groups is 1. The number of likely N-dealkylation sites (N-methyl/N-ethyl adjacent to an activating group) is 1. The third-order valence-electron chi connectivity index (χ3n) is 5.44. The third kappa shape index (κ3) is 6.74. The van der Waals surface area contributed by atoms with Gasteiger partial charge in [0.05, 0.1) is 0 Å². The SMILES string of the molecule is CN1CCN(Cc2ccccc2C(=O)NCc2cnc(C#N)nc2NCC(C)(C)C)CC1. The van der Waals surface area contributed by atoms with Crippen LogP contribution in [0, 0.1) is 16.7 Å². The lowest BCUT2D eigenvalue weighted by Gasteiger charge is -2.32. The molecule has 1 aliphatic heterocycles. The van der Waals surface area contributed by atoms with E-state index in [9.17, 15) is 4.79 Å². The minimum Gasteiger partial charge on any atom is -0.369 e. The van der Waals surface area contributed by atoms with Gasteiger partial charge in [0.15, 0.2) is 0 Å². The van der Waals surface area contributed by atoms with Crippen LogP contribution in [0.1, 0.15) is 48.1 Å². The van der Waals surface area contributed by atoms with E-state index in [1.807, 2.05) is 30.3 Å². The average Bonchev–Trinajstić information content (AvgIpc) is 2.77. The second-order valence-electron chi connectivity index (χ2n) is 9.51. The van der Waals surface area contributed by atoms with Crippen LogP contribution in [0.3, 0.4) is 0 Å². The van der Waals surface area contributed by atoms with Crippen LogP contribution in [-0.2, 0) is 13.1 Å². The molecule has 0 saturated carbocycles. The highest BCUT2D eigenvalue weighted by Gasteiger charge is 2.18. The van der Waals surface area contributed by atoms with Crippen LogP contribution in [-0.4, -0.2) is 65.4 Å². The fraction of sp³-hybridized carbons (Fsp3) is 0.500. The maximum absolute atomic E-state index is 13.0. The number of rotatable bonds is 7. The molecule has 0 atom stereocenters. The Morgan fingerprint density at radius 1 is 1.16 bits per heavy atom. The Kier molecular flexibility index (Phi) is 7.78. The molecular formula is C24H33N7O. The number of anilines is 1. The van der Waals surface area contributed by atoms with Gasteiger partial charge in [0.1, 0.15) is 11.9 Å². The van der Waals surface area contributed by atoms with Crippen molar-refractivity contribution < 1.29 is 4.79 Å². The van der Waals surface area contributed by atoms with Crippen LogP contribution in [0.15, 0.2) is 30.5 Å². The summed E-state index contributed by atoms with van der Waals surface area (Å²) in [7, 11) is 2.14. The van der Waals surface area contributed by atoms with Crippen LogP contribution < -0.4 is 10.6 Å². The summed E-state index contributed by atoms with van der Waals surface area (Å²) in [5.74, 6) is 0.562. The van der Waals surface area contributed by atoms with Crippen molar-refractivity contribution in [3.8, 4) is 6.07 Å². The van der Waals surface area contributed by atoms with E-state index in [1.54, 1.807) is 6.20 Å². The topological polar surface area (TPSA) is 97.2 Å². The summed E-state index contributed by atoms with van der Waals surface area (Å²) in [5, 5.41) is 15.5. The number of hydrogen-bond acceptors (Lipinski definition) is 7. The second kappa shape index (κ2) is 10.5. The lowest BCUT2D eigenvalue weighted by molar-refractivity contribution is 0.0947. The molecule has 3 rings (SSSR count). The lowest BCUT2D eigenvalue weighted by atomic mass is 9.97. The number of amides is 1. The molecule has 1 saturated heterocycles. The summed E-state index contributed by atoms with van der Waals surface area (Å²) in [5.41, 5.74) is 2.50. The van der Waals surface area contributed by atoms with Crippen molar-refractivity contribution in [1.29, 1.82) is 5.26 Å². The Labute approximate surface area is 190 Å². The molecule has 1 fully saturated rings. The van der Waals surface area contributed by atoms with Crippen molar-refractivity contribution in [2.75, 3.05) is 45.1 Å². The van der Waals surface area contributed by atoms with Crippen molar-refractivity contribution in [2.24, 2.45) is 5.41 Å². The minimum absolute atomic E-state index is 0.0421. The van der Waals surface area contributed by atoms with E-state index in [4.69, 9.17) is 5.26 Å². The molecule has 2 N–H and O–H groups in total. The molecule has 0 bridgehead atoms. The third-order valence-corrected chi connectivity index (χ3v) is 5.44. The zero-order valence-electron chi connectivity index (χ0n) is 19.5. The van der Waals surface area contributed by atoms with Crippen LogP contribution in [0.2, 0.25) is 0 Å². The molecule has 8 nitrogen and oxygen atoms in total. The van der Waals surface area contributed by atoms with Gasteiger partial charge in [-0.3, -0.25) is 9.69 Å². The van der Waals surface area contributed by atoms with Gasteiger partial charge in [0.2, 0.25) is 5.82 Å². The minimum atomic E-state index is -0.124. The van der Waals surface area contributed by atoms with Gasteiger partial charge in [-0.25, -0.2) is 9.97 Å². The van der Waals surface area contributed by atoms with Crippen molar-refractivity contribution in [3.05, 3.63) is 53.0 Å². The van der Waals surface area contributed by atoms with Crippen molar-refractivity contribution in [3.63, 3.8) is 0 Å². The average molecular weight is 436 g/mol. The fourth-order valence-electron chi connectivity index (χ4n) is 3.49. The Bertz CT molecular complexity index is 969. The number of hydrogen-bond donors (Lipinski definition) is 2. The molecule has 8 heteroatoms. The van der Waals surface area contributed by atoms with Gasteiger partial charge in [-0.1, -0.05) is 39.0 Å². The summed E-state index contributed by atoms with van der Waals surface area (Å²) in [6.07, 6.45) is 1.60. The number of benzene rings is 1. The predicted octanol–water partition coefficient (Wildman–Crippen LogP) is 2.48. The van der Waals surface area contributed by atoms with Gasteiger partial charge < -0.3 is 15.5 Å². The first-order valence-electron chi connectivity index (χ1n) is 11.0. The monoisotopic (exact) mass is 435 g/mol. The van der Waals surface area contributed by atoms with Gasteiger partial charge in [-0.2, -0.15) is 5.26 Å². The largest absolute Gasteiger partial charge is 0.369 e. The molecule has 2 aromatic rings. The number of nitrogens with zero attached hydrogens (tertiary/aromatic N) is 5. The first-order valence-corrected chi connectivity index (χ1v) is 11.0. The molecule has 1 aliphatic rings. The molecule has 1 aromatic heterocycles. The van der Waals surface area contributed by atoms with Crippen molar-refractivity contribution in [2.45, 2.75) is 33.9 Å². The highest BCUT2D eigenvalue weighted by atomic mass is 16.1. The molecule has 1 amide bonds. The molecule has 170 valence electrons. The smallest absolute Gasteiger partial charge is 0.251 e. The predicted molar refractivity (Wildman–Crippen MR) is 125 cm³/mol. The van der Waals surface area contributed by atoms with Gasteiger partial charge in [0.25, 0.3) is 5.91 Å². The second-order valence-corrected chi connectivity index (χ2v) is 9.51. The molecule has 0 unspecified atom stereocenters. The van der Waals surface area contributed by atoms with E-state index < -0.39 is 0 Å². The van der Waals surface area contributed by atoms with E-state index in [-0.39, 0.29) is 23.7 Å². The maximum atomic E-state index is 13.0. The number of nitrogens with one attached hydrogen (secondary N) is 2. The quantitative estimate of drug-likeness (QED) is 0.690. The van der Waals surface area contributed by atoms with E-state index in [0.29, 0.717) is 17.9 Å². The van der Waals surface area contributed by atoms with Gasteiger partial charge in [0, 0.05) is 63.1 Å². The maximum Gasteiger partial charge on any atom is 0.251 e. The summed E-state index contributed by atoms with van der Waals surface area (Å²) in [4.78, 5) is 26.1. The Morgan fingerprint density at radius 2 is 1.88 bits per heavy atom. The molecule has 0 spiro atoms. The molecular weight excluding hydrogens is 402 g/mol. The lowest BCUT2D eigenvalue weighted by Crippen LogP contribution is -2.44. The summed E-state index contributed by atoms with van der Waals surface area (Å²) in [6, 6.07) is 9.74. The van der Waals surface area contributed by atoms with Crippen molar-refractivity contribution >= 4 is 11.7 Å². The van der Waals surface area contributed by atoms with E-state index in [2.05, 4.69) is 58.2 Å². The Hall–Kier alpha value is -3.02. The molecule has 0 aliphatic carbocycles. The zero-order valence-corrected chi connectivity index (χ0v) is 19.5. The zero-order chi connectivity index (χ0) is 23.1. The van der Waals surface area contributed by atoms with Crippen LogP contribution >= 0.6 is 0 Å². The van der Waals surface area contributed by atoms with E-state index in [0.717, 1.165) is 43.9 Å². The summed E-state index contributed by atoms with van der Waals surface area (Å²) in [6.45, 7) is 12.1. The molecule has 1 aromatic carbocycles. The number of piperazine rings is 1. The van der Waals surface area contributed by atoms with Gasteiger partial charge >= 0.3 is 0 Å². The van der Waals surface area contributed by atoms with Crippen molar-refractivity contribution in [1.82, 2.24) is 25.1 Å². The van der Waals surface area contributed by atoms with Crippen LogP contribution in [0.25, 0.3) is 0 Å². The fourth-order valence-corrected chi connectivity index (χ4v) is 3.49. The molecule has 32 heavy (non-hydrogen) atoms. The molecule has 2 heterocycles. The number of carbonyl (C=O) groups excluding carboxylic acids is 1. The van der Waals surface area contributed by atoms with Crippen LogP contribution in [0.5, 0.6) is 0 Å². The summed E-state index contributed by atoms with van der Waals surface area (Å²) < 4.78 is 0. The van der Waals surface area contributed by atoms with Crippen LogP contribution in [0.4, 0.5) is 5.82 Å². The standard InChI is InChI=1S/C24H33N7O/c1-24(2,3)17-28-22-19(14-26-21(13-25)29-22)15-27-23(32)20-8-6-5-7-18(20)16-31-11-9-30(4)10-12-31/h5-8,14H,9-12,15-17H2,1-4H3,(H,27,32)(H,26,28,29). The first-order chi connectivity index (χ1) is 15.2. The summed E-state index contributed by atoms with van der Waals surface area (Å²) >= 11 is 0. The van der Waals surface area contributed by atoms with E-state index in [1.165, 1.54) is 0 Å². The first kappa shape index (κ1) is 23.6. The normalized spacial score (nSPS) is 15.2. The Balaban J connectivity index is 1.69. The molecule has 0 radical (unpaired) electrons. The Morgan fingerprint density at radius 3 is 2.56 bits per heavy atom. The number of nitriles is 1. The van der Waals surface area contributed by atoms with Gasteiger partial charge in [-0.15, -0.1) is 0 Å². The van der Waals surface area contributed by atoms with Gasteiger partial charge in [-0.05, 0) is 24.1 Å². The van der Waals surface area contributed by atoms with E-state index >= 15 is 0 Å².